The molecule has 128 valence electrons. The van der Waals surface area contributed by atoms with Crippen LogP contribution in [0.2, 0.25) is 0 Å². The van der Waals surface area contributed by atoms with Gasteiger partial charge in [0.2, 0.25) is 5.91 Å². The molecule has 1 amide bonds. The number of rotatable bonds is 8. The monoisotopic (exact) mass is 325 g/mol. The largest absolute Gasteiger partial charge is 0.492 e. The normalized spacial score (nSPS) is 12.8. The fourth-order valence-corrected chi connectivity index (χ4v) is 1.91. The van der Waals surface area contributed by atoms with E-state index in [0.29, 0.717) is 12.2 Å². The number of nitrogens with one attached hydrogen (secondary N) is 1. The summed E-state index contributed by atoms with van der Waals surface area (Å²) in [5, 5.41) is 11.7. The molecular weight excluding hydrogens is 301 g/mol. The molecule has 0 aliphatic carbocycles. The molecule has 0 spiro atoms. The fourth-order valence-electron chi connectivity index (χ4n) is 1.91. The molecule has 0 saturated heterocycles. The third-order valence-electron chi connectivity index (χ3n) is 3.34. The van der Waals surface area contributed by atoms with Gasteiger partial charge in [-0.05, 0) is 50.5 Å². The first kappa shape index (κ1) is 18.9. The highest BCUT2D eigenvalue weighted by molar-refractivity contribution is 5.87. The Hall–Kier alpha value is -2.11. The predicted molar refractivity (Wildman–Crippen MR) is 84.7 cm³/mol. The van der Waals surface area contributed by atoms with Crippen molar-refractivity contribution in [3.8, 4) is 5.75 Å². The number of halogens is 1. The zero-order chi connectivity index (χ0) is 17.6. The summed E-state index contributed by atoms with van der Waals surface area (Å²) < 4.78 is 18.3. The molecule has 0 fully saturated rings. The highest BCUT2D eigenvalue weighted by Crippen LogP contribution is 2.20. The van der Waals surface area contributed by atoms with Crippen molar-refractivity contribution < 1.29 is 23.8 Å². The number of aliphatic carboxylic acids is 1. The second kappa shape index (κ2) is 7.94. The quantitative estimate of drug-likeness (QED) is 0.770. The van der Waals surface area contributed by atoms with Crippen molar-refractivity contribution in [3.05, 3.63) is 30.1 Å². The Morgan fingerprint density at radius 2 is 1.83 bits per heavy atom. The van der Waals surface area contributed by atoms with E-state index in [2.05, 4.69) is 5.32 Å². The van der Waals surface area contributed by atoms with Crippen LogP contribution in [0.25, 0.3) is 0 Å². The Morgan fingerprint density at radius 1 is 1.26 bits per heavy atom. The van der Waals surface area contributed by atoms with Gasteiger partial charge in [-0.25, -0.2) is 9.18 Å². The average Bonchev–Trinajstić information content (AvgIpc) is 2.45. The van der Waals surface area contributed by atoms with E-state index < -0.39 is 23.3 Å². The van der Waals surface area contributed by atoms with E-state index in [4.69, 9.17) is 4.74 Å². The maximum Gasteiger partial charge on any atom is 0.326 e. The van der Waals surface area contributed by atoms with Crippen LogP contribution in [-0.4, -0.2) is 29.6 Å². The molecule has 1 rings (SSSR count). The van der Waals surface area contributed by atoms with Gasteiger partial charge in [-0.15, -0.1) is 0 Å². The van der Waals surface area contributed by atoms with Crippen LogP contribution < -0.4 is 10.1 Å². The number of amides is 1. The van der Waals surface area contributed by atoms with Crippen molar-refractivity contribution in [1.82, 2.24) is 5.32 Å². The third-order valence-corrected chi connectivity index (χ3v) is 3.34. The maximum absolute atomic E-state index is 12.8. The number of carboxylic acid groups (broad SMARTS) is 1. The highest BCUT2D eigenvalue weighted by Gasteiger charge is 2.32. The molecule has 1 unspecified atom stereocenters. The van der Waals surface area contributed by atoms with Crippen molar-refractivity contribution in [3.63, 3.8) is 0 Å². The lowest BCUT2D eigenvalue weighted by molar-refractivity contribution is -0.144. The molecule has 0 radical (unpaired) electrons. The van der Waals surface area contributed by atoms with Crippen molar-refractivity contribution >= 4 is 11.9 Å². The van der Waals surface area contributed by atoms with Gasteiger partial charge in [-0.1, -0.05) is 13.8 Å². The summed E-state index contributed by atoms with van der Waals surface area (Å²) in [6.45, 7) is 7.18. The number of hydrogen-bond donors (Lipinski definition) is 2. The number of ether oxygens (including phenoxy) is 1. The molecule has 1 aromatic rings. The van der Waals surface area contributed by atoms with Gasteiger partial charge in [-0.3, -0.25) is 4.79 Å². The smallest absolute Gasteiger partial charge is 0.326 e. The Labute approximate surface area is 135 Å². The highest BCUT2D eigenvalue weighted by atomic mass is 19.1. The number of carbonyl (C=O) groups excluding carboxylic acids is 1. The van der Waals surface area contributed by atoms with Crippen LogP contribution in [0.3, 0.4) is 0 Å². The summed E-state index contributed by atoms with van der Waals surface area (Å²) >= 11 is 0. The Bertz CT molecular complexity index is 540. The Kier molecular flexibility index (Phi) is 6.54. The van der Waals surface area contributed by atoms with Gasteiger partial charge in [0.1, 0.15) is 24.2 Å². The summed E-state index contributed by atoms with van der Waals surface area (Å²) in [6.07, 6.45) is 0.357. The summed E-state index contributed by atoms with van der Waals surface area (Å²) in [5.74, 6) is -1.22. The molecule has 1 aromatic carbocycles. The Balaban J connectivity index is 2.64. The minimum absolute atomic E-state index is 0.0541. The first-order valence-corrected chi connectivity index (χ1v) is 7.54. The van der Waals surface area contributed by atoms with Crippen molar-refractivity contribution in [2.75, 3.05) is 6.61 Å². The van der Waals surface area contributed by atoms with Crippen LogP contribution in [0.4, 0.5) is 4.39 Å². The number of carboxylic acids is 1. The van der Waals surface area contributed by atoms with Crippen molar-refractivity contribution in [2.45, 2.75) is 40.2 Å². The predicted octanol–water partition coefficient (Wildman–Crippen LogP) is 2.85. The van der Waals surface area contributed by atoms with E-state index in [1.54, 1.807) is 13.8 Å². The summed E-state index contributed by atoms with van der Waals surface area (Å²) in [4.78, 5) is 23.5. The lowest BCUT2D eigenvalue weighted by Gasteiger charge is -2.26. The molecular formula is C17H24FNO4. The summed E-state index contributed by atoms with van der Waals surface area (Å²) in [7, 11) is 0. The molecule has 0 saturated carbocycles. The minimum Gasteiger partial charge on any atom is -0.492 e. The standard InChI is InChI=1S/C17H24FNO4/c1-11(2)9-14(15(20)21)19-16(22)17(3,4)10-23-13-7-5-12(18)6-8-13/h5-8,11,14H,9-10H2,1-4H3,(H,19,22)(H,20,21). The van der Waals surface area contributed by atoms with Gasteiger partial charge < -0.3 is 15.2 Å². The number of carbonyl (C=O) groups is 2. The summed E-state index contributed by atoms with van der Waals surface area (Å²) in [5.41, 5.74) is -0.918. The zero-order valence-corrected chi connectivity index (χ0v) is 13.9. The first-order chi connectivity index (χ1) is 10.6. The van der Waals surface area contributed by atoms with Crippen LogP contribution in [0.5, 0.6) is 5.75 Å². The van der Waals surface area contributed by atoms with E-state index in [0.717, 1.165) is 0 Å². The molecule has 0 aliphatic heterocycles. The molecule has 0 bridgehead atoms. The van der Waals surface area contributed by atoms with Crippen molar-refractivity contribution in [2.24, 2.45) is 11.3 Å². The molecule has 0 aromatic heterocycles. The third kappa shape index (κ3) is 6.26. The lowest BCUT2D eigenvalue weighted by atomic mass is 9.92. The van der Waals surface area contributed by atoms with E-state index in [1.807, 2.05) is 13.8 Å². The Morgan fingerprint density at radius 3 is 2.30 bits per heavy atom. The topological polar surface area (TPSA) is 75.6 Å². The van der Waals surface area contributed by atoms with Crippen LogP contribution in [0, 0.1) is 17.2 Å². The second-order valence-electron chi connectivity index (χ2n) is 6.62. The maximum atomic E-state index is 12.8. The SMILES string of the molecule is CC(C)CC(NC(=O)C(C)(C)COc1ccc(F)cc1)C(=O)O. The van der Waals surface area contributed by atoms with Gasteiger partial charge in [0, 0.05) is 0 Å². The first-order valence-electron chi connectivity index (χ1n) is 7.54. The van der Waals surface area contributed by atoms with Gasteiger partial charge in [0.05, 0.1) is 5.41 Å². The molecule has 23 heavy (non-hydrogen) atoms. The van der Waals surface area contributed by atoms with E-state index in [-0.39, 0.29) is 18.3 Å². The van der Waals surface area contributed by atoms with Crippen LogP contribution >= 0.6 is 0 Å². The van der Waals surface area contributed by atoms with E-state index in [1.165, 1.54) is 24.3 Å². The zero-order valence-electron chi connectivity index (χ0n) is 13.9. The summed E-state index contributed by atoms with van der Waals surface area (Å²) in [6, 6.07) is 4.56. The number of benzene rings is 1. The van der Waals surface area contributed by atoms with E-state index >= 15 is 0 Å². The van der Waals surface area contributed by atoms with Gasteiger partial charge in [0.25, 0.3) is 0 Å². The van der Waals surface area contributed by atoms with Crippen LogP contribution in [-0.2, 0) is 9.59 Å². The average molecular weight is 325 g/mol. The van der Waals surface area contributed by atoms with Crippen LogP contribution in [0.15, 0.2) is 24.3 Å². The second-order valence-corrected chi connectivity index (χ2v) is 6.62. The molecule has 6 heteroatoms. The minimum atomic E-state index is -1.05. The molecule has 5 nitrogen and oxygen atoms in total. The molecule has 1 atom stereocenters. The van der Waals surface area contributed by atoms with E-state index in [9.17, 15) is 19.1 Å². The molecule has 0 heterocycles. The van der Waals surface area contributed by atoms with Crippen LogP contribution in [0.1, 0.15) is 34.1 Å². The fraction of sp³-hybridized carbons (Fsp3) is 0.529. The molecule has 0 aliphatic rings. The van der Waals surface area contributed by atoms with Crippen molar-refractivity contribution in [1.29, 1.82) is 0 Å². The lowest BCUT2D eigenvalue weighted by Crippen LogP contribution is -2.48. The molecule has 2 N–H and O–H groups in total. The number of hydrogen-bond acceptors (Lipinski definition) is 3. The van der Waals surface area contributed by atoms with Gasteiger partial charge in [-0.2, -0.15) is 0 Å². The van der Waals surface area contributed by atoms with Gasteiger partial charge in [0.15, 0.2) is 0 Å². The van der Waals surface area contributed by atoms with Gasteiger partial charge >= 0.3 is 5.97 Å².